The zero-order valence-electron chi connectivity index (χ0n) is 8.54. The minimum atomic E-state index is -0.383. The Kier molecular flexibility index (Phi) is 2.84. The third kappa shape index (κ3) is 1.89. The van der Waals surface area contributed by atoms with Crippen molar-refractivity contribution >= 4 is 28.3 Å². The van der Waals surface area contributed by atoms with Crippen LogP contribution in [0.15, 0.2) is 0 Å². The fourth-order valence-electron chi connectivity index (χ4n) is 1.14. The highest BCUT2D eigenvalue weighted by atomic mass is 127. The van der Waals surface area contributed by atoms with E-state index in [2.05, 4.69) is 5.10 Å². The van der Waals surface area contributed by atoms with Gasteiger partial charge in [0.25, 0.3) is 0 Å². The molecule has 1 aromatic rings. The minimum absolute atomic E-state index is 0.112. The molecule has 1 rings (SSSR count). The second kappa shape index (κ2) is 3.48. The number of nitrogens with zero attached hydrogens (tertiary/aromatic N) is 3. The van der Waals surface area contributed by atoms with Crippen molar-refractivity contribution in [3.63, 3.8) is 0 Å². The van der Waals surface area contributed by atoms with Gasteiger partial charge in [0.15, 0.2) is 3.70 Å². The third-order valence-corrected chi connectivity index (χ3v) is 2.76. The van der Waals surface area contributed by atoms with Crippen molar-refractivity contribution in [3.05, 3.63) is 19.5 Å². The Morgan fingerprint density at radius 2 is 2.00 bits per heavy atom. The van der Waals surface area contributed by atoms with Crippen molar-refractivity contribution in [2.45, 2.75) is 33.2 Å². The fraction of sp³-hybridized carbons (Fsp3) is 0.625. The normalized spacial score (nSPS) is 11.8. The van der Waals surface area contributed by atoms with Crippen LogP contribution in [0.2, 0.25) is 0 Å². The SMILES string of the molecule is Cc1nn(C(C)(C)C)c(I)c1[N+](=O)[O-]. The number of hydrogen-bond acceptors (Lipinski definition) is 3. The van der Waals surface area contributed by atoms with Crippen molar-refractivity contribution < 1.29 is 4.92 Å². The number of nitro groups is 1. The molecule has 0 aliphatic carbocycles. The summed E-state index contributed by atoms with van der Waals surface area (Å²) in [6, 6.07) is 0. The maximum atomic E-state index is 10.7. The van der Waals surface area contributed by atoms with Crippen molar-refractivity contribution in [2.24, 2.45) is 0 Å². The average Bonchev–Trinajstić information content (AvgIpc) is 2.24. The summed E-state index contributed by atoms with van der Waals surface area (Å²) in [4.78, 5) is 10.3. The maximum absolute atomic E-state index is 10.7. The highest BCUT2D eigenvalue weighted by Crippen LogP contribution is 2.28. The van der Waals surface area contributed by atoms with Gasteiger partial charge in [0.1, 0.15) is 5.69 Å². The van der Waals surface area contributed by atoms with Crippen molar-refractivity contribution in [3.8, 4) is 0 Å². The van der Waals surface area contributed by atoms with Gasteiger partial charge in [-0.05, 0) is 50.3 Å². The van der Waals surface area contributed by atoms with E-state index >= 15 is 0 Å². The van der Waals surface area contributed by atoms with Gasteiger partial charge < -0.3 is 0 Å². The van der Waals surface area contributed by atoms with E-state index in [9.17, 15) is 10.1 Å². The Balaban J connectivity index is 3.39. The van der Waals surface area contributed by atoms with Gasteiger partial charge in [-0.3, -0.25) is 10.1 Å². The molecule has 1 aromatic heterocycles. The lowest BCUT2D eigenvalue weighted by molar-refractivity contribution is -0.386. The Hall–Kier alpha value is -0.660. The Morgan fingerprint density at radius 1 is 1.50 bits per heavy atom. The molecule has 0 spiro atoms. The van der Waals surface area contributed by atoms with E-state index in [-0.39, 0.29) is 16.1 Å². The summed E-state index contributed by atoms with van der Waals surface area (Å²) >= 11 is 1.96. The standard InChI is InChI=1S/C8H12IN3O2/c1-5-6(12(13)14)7(9)11(10-5)8(2,3)4/h1-4H3. The molecule has 78 valence electrons. The molecule has 0 aromatic carbocycles. The van der Waals surface area contributed by atoms with Gasteiger partial charge in [-0.2, -0.15) is 5.10 Å². The molecule has 0 saturated heterocycles. The van der Waals surface area contributed by atoms with Crippen molar-refractivity contribution in [2.75, 3.05) is 0 Å². The van der Waals surface area contributed by atoms with Gasteiger partial charge in [-0.1, -0.05) is 0 Å². The Morgan fingerprint density at radius 3 is 2.21 bits per heavy atom. The molecule has 6 heteroatoms. The lowest BCUT2D eigenvalue weighted by atomic mass is 10.1. The maximum Gasteiger partial charge on any atom is 0.323 e. The van der Waals surface area contributed by atoms with Crippen LogP contribution < -0.4 is 0 Å². The molecule has 0 bridgehead atoms. The third-order valence-electron chi connectivity index (χ3n) is 1.79. The summed E-state index contributed by atoms with van der Waals surface area (Å²) in [5.41, 5.74) is 0.352. The lowest BCUT2D eigenvalue weighted by Gasteiger charge is -2.19. The monoisotopic (exact) mass is 309 g/mol. The molecular formula is C8H12IN3O2. The number of aryl methyl sites for hydroxylation is 1. The zero-order chi connectivity index (χ0) is 11.1. The van der Waals surface area contributed by atoms with Crippen LogP contribution in [0.4, 0.5) is 5.69 Å². The van der Waals surface area contributed by atoms with E-state index in [0.29, 0.717) is 9.39 Å². The molecule has 0 aliphatic heterocycles. The van der Waals surface area contributed by atoms with E-state index in [1.807, 2.05) is 43.4 Å². The summed E-state index contributed by atoms with van der Waals surface area (Å²) in [6.07, 6.45) is 0. The molecule has 0 fully saturated rings. The number of halogens is 1. The molecule has 0 saturated carbocycles. The summed E-state index contributed by atoms with van der Waals surface area (Å²) in [6.45, 7) is 7.55. The van der Waals surface area contributed by atoms with Crippen LogP contribution in [0, 0.1) is 20.7 Å². The number of aromatic nitrogens is 2. The van der Waals surface area contributed by atoms with Gasteiger partial charge in [0, 0.05) is 0 Å². The molecule has 0 amide bonds. The first-order valence-corrected chi connectivity index (χ1v) is 5.23. The average molecular weight is 309 g/mol. The van der Waals surface area contributed by atoms with E-state index in [1.54, 1.807) is 11.6 Å². The van der Waals surface area contributed by atoms with Gasteiger partial charge in [-0.15, -0.1) is 0 Å². The highest BCUT2D eigenvalue weighted by molar-refractivity contribution is 14.1. The Bertz CT molecular complexity index is 379. The highest BCUT2D eigenvalue weighted by Gasteiger charge is 2.28. The predicted molar refractivity (Wildman–Crippen MR) is 61.3 cm³/mol. The van der Waals surface area contributed by atoms with Crippen LogP contribution in [-0.2, 0) is 5.54 Å². The van der Waals surface area contributed by atoms with E-state index in [1.165, 1.54) is 0 Å². The molecule has 5 nitrogen and oxygen atoms in total. The summed E-state index contributed by atoms with van der Waals surface area (Å²) in [5, 5.41) is 14.9. The summed E-state index contributed by atoms with van der Waals surface area (Å²) < 4.78 is 2.26. The van der Waals surface area contributed by atoms with Crippen LogP contribution >= 0.6 is 22.6 Å². The van der Waals surface area contributed by atoms with Gasteiger partial charge in [0.05, 0.1) is 10.5 Å². The molecule has 0 N–H and O–H groups in total. The van der Waals surface area contributed by atoms with E-state index < -0.39 is 0 Å². The van der Waals surface area contributed by atoms with E-state index in [0.717, 1.165) is 0 Å². The molecule has 1 heterocycles. The molecular weight excluding hydrogens is 297 g/mol. The first-order chi connectivity index (χ1) is 6.25. The van der Waals surface area contributed by atoms with Crippen molar-refractivity contribution in [1.82, 2.24) is 9.78 Å². The van der Waals surface area contributed by atoms with Crippen LogP contribution in [0.5, 0.6) is 0 Å². The van der Waals surface area contributed by atoms with E-state index in [4.69, 9.17) is 0 Å². The summed E-state index contributed by atoms with van der Waals surface area (Å²) in [5.74, 6) is 0. The number of rotatable bonds is 1. The molecule has 0 aliphatic rings. The van der Waals surface area contributed by atoms with Crippen LogP contribution in [-0.4, -0.2) is 14.7 Å². The second-order valence-corrected chi connectivity index (χ2v) is 5.09. The topological polar surface area (TPSA) is 61.0 Å². The van der Waals surface area contributed by atoms with Crippen molar-refractivity contribution in [1.29, 1.82) is 0 Å². The first kappa shape index (κ1) is 11.4. The zero-order valence-corrected chi connectivity index (χ0v) is 10.7. The van der Waals surface area contributed by atoms with Crippen LogP contribution in [0.25, 0.3) is 0 Å². The largest absolute Gasteiger partial charge is 0.323 e. The molecule has 14 heavy (non-hydrogen) atoms. The fourth-order valence-corrected chi connectivity index (χ4v) is 2.56. The van der Waals surface area contributed by atoms with Gasteiger partial charge in [0.2, 0.25) is 0 Å². The second-order valence-electron chi connectivity index (χ2n) is 4.06. The predicted octanol–water partition coefficient (Wildman–Crippen LogP) is 2.46. The minimum Gasteiger partial charge on any atom is -0.258 e. The number of hydrogen-bond donors (Lipinski definition) is 0. The molecule has 0 unspecified atom stereocenters. The molecule has 0 atom stereocenters. The quantitative estimate of drug-likeness (QED) is 0.455. The first-order valence-electron chi connectivity index (χ1n) is 4.15. The van der Waals surface area contributed by atoms with Gasteiger partial charge >= 0.3 is 5.69 Å². The lowest BCUT2D eigenvalue weighted by Crippen LogP contribution is -2.24. The Labute approximate surface area is 95.8 Å². The van der Waals surface area contributed by atoms with Crippen LogP contribution in [0.3, 0.4) is 0 Å². The van der Waals surface area contributed by atoms with Crippen LogP contribution in [0.1, 0.15) is 26.5 Å². The smallest absolute Gasteiger partial charge is 0.258 e. The van der Waals surface area contributed by atoms with Gasteiger partial charge in [-0.25, -0.2) is 4.68 Å². The summed E-state index contributed by atoms with van der Waals surface area (Å²) in [7, 11) is 0. The molecule has 0 radical (unpaired) electrons.